The highest BCUT2D eigenvalue weighted by atomic mass is 33.1. The maximum atomic E-state index is 13.4. The highest BCUT2D eigenvalue weighted by molar-refractivity contribution is 8.77. The molecule has 1 aliphatic heterocycles. The molecule has 6 heterocycles. The summed E-state index contributed by atoms with van der Waals surface area (Å²) in [6, 6.07) is 20.6. The predicted octanol–water partition coefficient (Wildman–Crippen LogP) is 7.04. The zero-order valence-corrected chi connectivity index (χ0v) is 82.2. The molecule has 0 bridgehead atoms. The fourth-order valence-corrected chi connectivity index (χ4v) is 18.1. The van der Waals surface area contributed by atoms with E-state index in [0.29, 0.717) is 69.9 Å². The van der Waals surface area contributed by atoms with Crippen LogP contribution >= 0.6 is 64.8 Å². The summed E-state index contributed by atoms with van der Waals surface area (Å²) in [6.45, 7) is 4.16. The number of carbonyl (C=O) groups excluding carboxylic acids is 15. The Morgan fingerprint density at radius 3 is 1.08 bits per heavy atom. The summed E-state index contributed by atoms with van der Waals surface area (Å²) in [6.07, 6.45) is 16.9. The molecule has 1 saturated heterocycles. The number of carbonyl (C=O) groups is 15. The molecule has 0 saturated carbocycles. The van der Waals surface area contributed by atoms with Crippen LogP contribution in [0.5, 0.6) is 0 Å². The first-order chi connectivity index (χ1) is 63.9. The van der Waals surface area contributed by atoms with Gasteiger partial charge in [-0.3, -0.25) is 77.1 Å². The fourth-order valence-electron chi connectivity index (χ4n) is 12.1. The van der Waals surface area contributed by atoms with Crippen LogP contribution in [0.4, 0.5) is 0 Å². The number of nitrogens with one attached hydrogen (secondary N) is 8. The molecule has 43 heteroatoms. The molecule has 8 N–H and O–H groups in total. The molecule has 5 aromatic heterocycles. The van der Waals surface area contributed by atoms with Crippen LogP contribution in [0.2, 0.25) is 0 Å². The maximum Gasteiger partial charge on any atom is 0.335 e. The number of imide groups is 1. The number of pyridine rings is 5. The summed E-state index contributed by atoms with van der Waals surface area (Å²) in [7, 11) is 30.2. The number of likely N-dealkylation sites (N-methyl/N-ethyl adjacent to an activating group) is 5. The lowest BCUT2D eigenvalue weighted by atomic mass is 10.1. The van der Waals surface area contributed by atoms with Gasteiger partial charge < -0.3 is 81.7 Å². The Labute approximate surface area is 797 Å². The van der Waals surface area contributed by atoms with Gasteiger partial charge in [0, 0.05) is 193 Å². The second-order valence-corrected chi connectivity index (χ2v) is 37.9. The van der Waals surface area contributed by atoms with E-state index in [1.165, 1.54) is 64.1 Å². The summed E-state index contributed by atoms with van der Waals surface area (Å²) in [4.78, 5) is 227. The number of hydroxylamine groups is 2. The van der Waals surface area contributed by atoms with Crippen molar-refractivity contribution < 1.29 is 81.2 Å². The molecule has 6 rings (SSSR count). The van der Waals surface area contributed by atoms with Crippen molar-refractivity contribution in [3.63, 3.8) is 0 Å². The van der Waals surface area contributed by atoms with Gasteiger partial charge in [0.05, 0.1) is 30.4 Å². The van der Waals surface area contributed by atoms with E-state index < -0.39 is 71.9 Å². The van der Waals surface area contributed by atoms with Crippen LogP contribution in [-0.4, -0.2) is 338 Å². The average molecular weight is 1940 g/mol. The smallest absolute Gasteiger partial charge is 0.335 e. The zero-order chi connectivity index (χ0) is 98.3. The van der Waals surface area contributed by atoms with Crippen molar-refractivity contribution in [2.75, 3.05) is 167 Å². The van der Waals surface area contributed by atoms with Crippen LogP contribution < -0.4 is 42.5 Å². The minimum absolute atomic E-state index is 0. The normalized spacial score (nSPS) is 12.2. The van der Waals surface area contributed by atoms with Crippen molar-refractivity contribution in [3.05, 3.63) is 132 Å². The van der Waals surface area contributed by atoms with Gasteiger partial charge in [0.15, 0.2) is 0 Å². The number of unbranched alkanes of at least 4 members (excludes halogenated alkanes) is 6. The quantitative estimate of drug-likeness (QED) is 0.0110. The van der Waals surface area contributed by atoms with Gasteiger partial charge in [-0.25, -0.2) is 19.7 Å². The molecule has 14 amide bonds. The van der Waals surface area contributed by atoms with Gasteiger partial charge in [-0.1, -0.05) is 69.8 Å². The van der Waals surface area contributed by atoms with Crippen molar-refractivity contribution >= 4 is 153 Å². The van der Waals surface area contributed by atoms with E-state index in [1.54, 1.807) is 130 Å². The monoisotopic (exact) mass is 1940 g/mol. The first-order valence-electron chi connectivity index (χ1n) is 44.5. The molecule has 37 nitrogen and oxygen atoms in total. The minimum atomic E-state index is -1.28. The Bertz CT molecular complexity index is 4380. The standard InChI is InChI=1S/C35H48N8O8S2.C32H48N8O5S2.C21H35N5O3S2.2H2/c1-40(2)22-20-39-33(48)25-12-10-18-37-32(25)35(50)41(3)21-11-19-38-34(49)26(24-31(47)51-43-29(45)15-16-30(43)46)42(4)28(44)14-6-5-9-23-52-53-27-13-7-8-17-36-27;1-33-26(41)23-25(40(5)28(42)15-7-6-10-22-46-47-27-14-8-9-16-34-27)31(44)36-18-12-20-39(4)32(45)29-24(13-11-17-35-29)30(43)37-19-21-38(2)3;1-22-12-9-14-25-21(29)17(16-18(27)23-2)26(3)20(28)11-5-4-8-15-30-31-19-10-6-7-13-24-19;;/h7-8,10,12-13,17-18,26H,5-6,9,11,14-16,19-24H2,1-4H3,(H,38,49)(H,39,48);8-9,11,13-14,16-17,25H,6-7,10,12,15,18-23H2,1-5H3,(H,33,41)(H,36,44)(H,37,43);6-7,10,13,17,22H,4-5,8-9,11-12,14-16H2,1-3H3,(H,23,27)(H,25,29);2*1H/t26-;25-;17-;;/m000../s1/i;;;1+2D;1+2. The number of aromatic nitrogens is 5. The first kappa shape index (κ1) is 111. The summed E-state index contributed by atoms with van der Waals surface area (Å²) in [5, 5.41) is 25.3. The predicted molar refractivity (Wildman–Crippen MR) is 517 cm³/mol. The third-order valence-corrected chi connectivity index (χ3v) is 26.9. The molecule has 0 aromatic carbocycles. The lowest BCUT2D eigenvalue weighted by Crippen LogP contribution is -2.50. The molecule has 0 unspecified atom stereocenters. The van der Waals surface area contributed by atoms with E-state index >= 15 is 0 Å². The molecule has 131 heavy (non-hydrogen) atoms. The van der Waals surface area contributed by atoms with Crippen molar-refractivity contribution in [1.29, 1.82) is 0 Å². The number of hydrogen-bond acceptors (Lipinski definition) is 30. The van der Waals surface area contributed by atoms with E-state index in [9.17, 15) is 71.9 Å². The molecule has 3 atom stereocenters. The Balaban J connectivity index is 0.000000693. The molecule has 0 radical (unpaired) electrons. The highest BCUT2D eigenvalue weighted by Crippen LogP contribution is 2.32. The third kappa shape index (κ3) is 45.8. The summed E-state index contributed by atoms with van der Waals surface area (Å²) < 4.78 is 10.0. The van der Waals surface area contributed by atoms with Gasteiger partial charge >= 0.3 is 5.97 Å². The van der Waals surface area contributed by atoms with Gasteiger partial charge in [0.1, 0.15) is 44.6 Å². The van der Waals surface area contributed by atoms with E-state index in [4.69, 9.17) is 7.81 Å². The number of hydrogen-bond donors (Lipinski definition) is 8. The Hall–Kier alpha value is -10.0. The topological polar surface area (TPSA) is 452 Å². The molecular formula is C88H135N21O16S6. The Morgan fingerprint density at radius 1 is 0.405 bits per heavy atom. The van der Waals surface area contributed by atoms with Gasteiger partial charge in [0.25, 0.3) is 35.4 Å². The van der Waals surface area contributed by atoms with Crippen molar-refractivity contribution in [1.82, 2.24) is 107 Å². The van der Waals surface area contributed by atoms with E-state index in [2.05, 4.69) is 67.5 Å². The van der Waals surface area contributed by atoms with E-state index in [0.717, 1.165) is 90.2 Å². The van der Waals surface area contributed by atoms with Crippen LogP contribution in [0.15, 0.2) is 125 Å². The summed E-state index contributed by atoms with van der Waals surface area (Å²) in [5.74, 6) is -3.90. The largest absolute Gasteiger partial charge is 0.359 e. The SMILES string of the molecule is CN(C)CCNC(=O)c1cccnc1C(=O)N(C)CCCNC(=O)[C@H](CC(=O)ON1C(=O)CCC1=O)N(C)C(=O)CCCCCSSc1ccccn1.CNC(=O)C[C@@H](C(=O)NCCCN(C)C(=O)c1ncccc1C(=O)NCCN(C)C)N(C)C(=O)CCCCCSSc1ccccn1.CNCCCNC(=O)[C@H](CC(=O)NC)N(C)C(=O)CCCCCSSc1ccccn1.[2H][3H].[3HH]. The molecule has 0 spiro atoms. The summed E-state index contributed by atoms with van der Waals surface area (Å²) in [5.41, 5.74) is 0.390. The van der Waals surface area contributed by atoms with Gasteiger partial charge in [0.2, 0.25) is 47.3 Å². The maximum absolute atomic E-state index is 13.4. The van der Waals surface area contributed by atoms with Crippen molar-refractivity contribution in [3.8, 4) is 0 Å². The molecule has 724 valence electrons. The fraction of sp³-hybridized carbons (Fsp3) is 0.545. The van der Waals surface area contributed by atoms with Crippen LogP contribution in [0.25, 0.3) is 0 Å². The third-order valence-electron chi connectivity index (χ3n) is 19.8. The van der Waals surface area contributed by atoms with Gasteiger partial charge in [-0.05, 0) is 193 Å². The number of rotatable bonds is 59. The van der Waals surface area contributed by atoms with Crippen LogP contribution in [0.3, 0.4) is 0 Å². The first-order valence-corrected chi connectivity index (χ1v) is 50.5. The lowest BCUT2D eigenvalue weighted by molar-refractivity contribution is -0.198. The Kier molecular flexibility index (Phi) is 56.5. The zero-order valence-electron chi connectivity index (χ0n) is 79.3. The van der Waals surface area contributed by atoms with Crippen LogP contribution in [0, 0.1) is 0 Å². The molecule has 5 aromatic rings. The van der Waals surface area contributed by atoms with Crippen molar-refractivity contribution in [2.24, 2.45) is 0 Å². The average Bonchev–Trinajstić information content (AvgIpc) is 1.60. The molecule has 1 fully saturated rings. The highest BCUT2D eigenvalue weighted by Gasteiger charge is 2.37. The molecule has 1 aliphatic rings. The van der Waals surface area contributed by atoms with E-state index in [-0.39, 0.29) is 130 Å². The Morgan fingerprint density at radius 2 is 0.748 bits per heavy atom. The second kappa shape index (κ2) is 66.4. The number of nitrogens with zero attached hydrogens (tertiary/aromatic N) is 13. The minimum Gasteiger partial charge on any atom is -0.359 e. The summed E-state index contributed by atoms with van der Waals surface area (Å²) >= 11 is 0. The van der Waals surface area contributed by atoms with Crippen LogP contribution in [-0.2, 0) is 57.6 Å². The van der Waals surface area contributed by atoms with Gasteiger partial charge in [-0.15, -0.1) is 5.06 Å². The van der Waals surface area contributed by atoms with Gasteiger partial charge in [-0.2, -0.15) is 0 Å². The van der Waals surface area contributed by atoms with E-state index in [1.807, 2.05) is 99.6 Å². The second-order valence-electron chi connectivity index (χ2n) is 30.6. The lowest BCUT2D eigenvalue weighted by Gasteiger charge is -2.27. The number of amides is 14. The van der Waals surface area contributed by atoms with Crippen molar-refractivity contribution in [2.45, 2.75) is 162 Å². The molecular weight excluding hydrogens is 1800 g/mol. The van der Waals surface area contributed by atoms with Crippen LogP contribution in [0.1, 0.15) is 175 Å². The molecule has 0 aliphatic carbocycles.